The van der Waals surface area contributed by atoms with E-state index in [-0.39, 0.29) is 10.6 Å². The normalized spacial score (nSPS) is 10.1. The summed E-state index contributed by atoms with van der Waals surface area (Å²) in [7, 11) is 1.55. The smallest absolute Gasteiger partial charge is 0.326 e. The zero-order chi connectivity index (χ0) is 19.2. The zero-order valence-corrected chi connectivity index (χ0v) is 15.2. The Kier molecular flexibility index (Phi) is 5.68. The number of urea groups is 1. The van der Waals surface area contributed by atoms with Crippen LogP contribution in [0.15, 0.2) is 67.0 Å². The second-order valence-corrected chi connectivity index (χ2v) is 5.95. The van der Waals surface area contributed by atoms with Crippen molar-refractivity contribution >= 4 is 29.2 Å². The van der Waals surface area contributed by atoms with Crippen LogP contribution in [0.2, 0.25) is 5.02 Å². The molecule has 0 saturated carbocycles. The maximum Gasteiger partial charge on any atom is 0.326 e. The molecule has 6 nitrogen and oxygen atoms in total. The summed E-state index contributed by atoms with van der Waals surface area (Å²) in [5, 5.41) is 5.13. The number of amides is 3. The lowest BCUT2D eigenvalue weighted by atomic mass is 10.1. The molecule has 0 spiro atoms. The van der Waals surface area contributed by atoms with Gasteiger partial charge in [0, 0.05) is 29.7 Å². The molecule has 2 N–H and O–H groups in total. The average Bonchev–Trinajstić information content (AvgIpc) is 2.68. The van der Waals surface area contributed by atoms with E-state index in [1.807, 2.05) is 18.2 Å². The van der Waals surface area contributed by atoms with Crippen molar-refractivity contribution in [3.63, 3.8) is 0 Å². The van der Waals surface area contributed by atoms with Crippen LogP contribution in [0.5, 0.6) is 5.75 Å². The molecule has 27 heavy (non-hydrogen) atoms. The fraction of sp³-hybridized carbons (Fsp3) is 0.0500. The van der Waals surface area contributed by atoms with E-state index in [4.69, 9.17) is 16.3 Å². The summed E-state index contributed by atoms with van der Waals surface area (Å²) >= 11 is 5.96. The van der Waals surface area contributed by atoms with Crippen molar-refractivity contribution in [1.82, 2.24) is 10.3 Å². The highest BCUT2D eigenvalue weighted by Crippen LogP contribution is 2.32. The Morgan fingerprint density at radius 1 is 1.04 bits per heavy atom. The van der Waals surface area contributed by atoms with Crippen LogP contribution >= 0.6 is 11.6 Å². The molecular weight excluding hydrogens is 366 g/mol. The van der Waals surface area contributed by atoms with Crippen molar-refractivity contribution in [3.8, 4) is 16.9 Å². The minimum atomic E-state index is -0.668. The van der Waals surface area contributed by atoms with Gasteiger partial charge in [0.15, 0.2) is 0 Å². The van der Waals surface area contributed by atoms with Crippen LogP contribution in [0, 0.1) is 0 Å². The number of halogens is 1. The number of nitrogens with zero attached hydrogens (tertiary/aromatic N) is 1. The monoisotopic (exact) mass is 381 g/mol. The molecule has 3 amide bonds. The number of imide groups is 1. The summed E-state index contributed by atoms with van der Waals surface area (Å²) in [6, 6.07) is 14.8. The number of pyridine rings is 1. The van der Waals surface area contributed by atoms with Gasteiger partial charge in [0.05, 0.1) is 17.7 Å². The van der Waals surface area contributed by atoms with E-state index >= 15 is 0 Å². The second-order valence-electron chi connectivity index (χ2n) is 5.54. The fourth-order valence-corrected chi connectivity index (χ4v) is 2.74. The van der Waals surface area contributed by atoms with Gasteiger partial charge in [-0.25, -0.2) is 4.79 Å². The third-order valence-corrected chi connectivity index (χ3v) is 4.13. The molecule has 0 radical (unpaired) electrons. The fourth-order valence-electron chi connectivity index (χ4n) is 2.52. The Morgan fingerprint density at radius 3 is 2.48 bits per heavy atom. The van der Waals surface area contributed by atoms with Gasteiger partial charge in [-0.1, -0.05) is 23.7 Å². The van der Waals surface area contributed by atoms with E-state index in [0.29, 0.717) is 11.4 Å². The summed E-state index contributed by atoms with van der Waals surface area (Å²) in [5.41, 5.74) is 2.50. The average molecular weight is 382 g/mol. The minimum Gasteiger partial charge on any atom is -0.496 e. The van der Waals surface area contributed by atoms with Gasteiger partial charge in [-0.05, 0) is 42.0 Å². The van der Waals surface area contributed by atoms with Crippen LogP contribution in [0.25, 0.3) is 11.1 Å². The maximum absolute atomic E-state index is 12.1. The Hall–Kier alpha value is -3.38. The summed E-state index contributed by atoms with van der Waals surface area (Å²) < 4.78 is 5.41. The molecule has 0 bridgehead atoms. The van der Waals surface area contributed by atoms with Crippen LogP contribution < -0.4 is 15.4 Å². The minimum absolute atomic E-state index is 0.222. The standard InChI is InChI=1S/C20H16ClN3O3/c1-27-18-12-14(6-7-15(18)13-8-10-22-11-9-13)23-20(26)24-19(25)16-4-2-3-5-17(16)21/h2-12H,1H3,(H2,23,24,25,26). The lowest BCUT2D eigenvalue weighted by molar-refractivity contribution is 0.0967. The molecule has 0 unspecified atom stereocenters. The quantitative estimate of drug-likeness (QED) is 0.703. The van der Waals surface area contributed by atoms with Crippen molar-refractivity contribution in [2.24, 2.45) is 0 Å². The third-order valence-electron chi connectivity index (χ3n) is 3.80. The second kappa shape index (κ2) is 8.33. The van der Waals surface area contributed by atoms with Crippen LogP contribution in [-0.4, -0.2) is 24.0 Å². The number of nitrogens with one attached hydrogen (secondary N) is 2. The summed E-state index contributed by atoms with van der Waals surface area (Å²) in [5.74, 6) is -0.00472. The predicted molar refractivity (Wildman–Crippen MR) is 104 cm³/mol. The highest BCUT2D eigenvalue weighted by Gasteiger charge is 2.14. The van der Waals surface area contributed by atoms with Crippen molar-refractivity contribution in [2.45, 2.75) is 0 Å². The Labute approximate surface area is 161 Å². The number of aromatic nitrogens is 1. The molecule has 2 aromatic carbocycles. The molecule has 0 fully saturated rings. The van der Waals surface area contributed by atoms with E-state index in [1.54, 1.807) is 49.8 Å². The van der Waals surface area contributed by atoms with Gasteiger partial charge in [0.1, 0.15) is 5.75 Å². The van der Waals surface area contributed by atoms with Crippen molar-refractivity contribution in [2.75, 3.05) is 12.4 Å². The van der Waals surface area contributed by atoms with E-state index in [9.17, 15) is 9.59 Å². The molecule has 136 valence electrons. The largest absolute Gasteiger partial charge is 0.496 e. The molecule has 0 aliphatic carbocycles. The van der Waals surface area contributed by atoms with Crippen molar-refractivity contribution < 1.29 is 14.3 Å². The number of hydrogen-bond donors (Lipinski definition) is 2. The lowest BCUT2D eigenvalue weighted by Crippen LogP contribution is -2.34. The molecular formula is C20H16ClN3O3. The van der Waals surface area contributed by atoms with E-state index in [0.717, 1.165) is 11.1 Å². The molecule has 0 atom stereocenters. The molecule has 0 saturated heterocycles. The number of hydrogen-bond acceptors (Lipinski definition) is 4. The lowest BCUT2D eigenvalue weighted by Gasteiger charge is -2.12. The van der Waals surface area contributed by atoms with Gasteiger partial charge in [0.2, 0.25) is 0 Å². The molecule has 0 aliphatic rings. The van der Waals surface area contributed by atoms with Gasteiger partial charge in [0.25, 0.3) is 5.91 Å². The van der Waals surface area contributed by atoms with Crippen LogP contribution in [0.4, 0.5) is 10.5 Å². The van der Waals surface area contributed by atoms with Crippen LogP contribution in [-0.2, 0) is 0 Å². The number of rotatable bonds is 4. The first-order valence-corrected chi connectivity index (χ1v) is 8.41. The highest BCUT2D eigenvalue weighted by molar-refractivity contribution is 6.34. The number of benzene rings is 2. The topological polar surface area (TPSA) is 80.3 Å². The number of anilines is 1. The maximum atomic E-state index is 12.1. The summed E-state index contributed by atoms with van der Waals surface area (Å²) in [6.45, 7) is 0. The molecule has 1 heterocycles. The third kappa shape index (κ3) is 4.43. The Balaban J connectivity index is 1.73. The first kappa shape index (κ1) is 18.4. The zero-order valence-electron chi connectivity index (χ0n) is 14.4. The van der Waals surface area contributed by atoms with Gasteiger partial charge in [-0.3, -0.25) is 15.1 Å². The van der Waals surface area contributed by atoms with Crippen LogP contribution in [0.1, 0.15) is 10.4 Å². The van der Waals surface area contributed by atoms with Gasteiger partial charge in [-0.15, -0.1) is 0 Å². The van der Waals surface area contributed by atoms with Crippen molar-refractivity contribution in [1.29, 1.82) is 0 Å². The SMILES string of the molecule is COc1cc(NC(=O)NC(=O)c2ccccc2Cl)ccc1-c1ccncc1. The molecule has 7 heteroatoms. The van der Waals surface area contributed by atoms with Crippen molar-refractivity contribution in [3.05, 3.63) is 77.6 Å². The Morgan fingerprint density at radius 2 is 1.78 bits per heavy atom. The number of carbonyl (C=O) groups is 2. The predicted octanol–water partition coefficient (Wildman–Crippen LogP) is 4.37. The first-order chi connectivity index (χ1) is 13.1. The number of methoxy groups -OCH3 is 1. The Bertz CT molecular complexity index is 977. The molecule has 0 aliphatic heterocycles. The van der Waals surface area contributed by atoms with Gasteiger partial charge >= 0.3 is 6.03 Å². The summed E-state index contributed by atoms with van der Waals surface area (Å²) in [4.78, 5) is 28.3. The summed E-state index contributed by atoms with van der Waals surface area (Å²) in [6.07, 6.45) is 3.38. The van der Waals surface area contributed by atoms with Gasteiger partial charge in [-0.2, -0.15) is 0 Å². The van der Waals surface area contributed by atoms with Gasteiger partial charge < -0.3 is 10.1 Å². The molecule has 3 rings (SSSR count). The molecule has 3 aromatic rings. The van der Waals surface area contributed by atoms with E-state index in [1.165, 1.54) is 6.07 Å². The highest BCUT2D eigenvalue weighted by atomic mass is 35.5. The van der Waals surface area contributed by atoms with Crippen LogP contribution in [0.3, 0.4) is 0 Å². The molecule has 1 aromatic heterocycles. The van der Waals surface area contributed by atoms with E-state index in [2.05, 4.69) is 15.6 Å². The first-order valence-electron chi connectivity index (χ1n) is 8.04. The number of ether oxygens (including phenoxy) is 1. The van der Waals surface area contributed by atoms with E-state index < -0.39 is 11.9 Å². The number of carbonyl (C=O) groups excluding carboxylic acids is 2.